The lowest BCUT2D eigenvalue weighted by Gasteiger charge is -2.13. The quantitative estimate of drug-likeness (QED) is 0.888. The summed E-state index contributed by atoms with van der Waals surface area (Å²) in [5, 5.41) is 12.4. The maximum absolute atomic E-state index is 9.20. The van der Waals surface area contributed by atoms with Crippen molar-refractivity contribution in [2.75, 3.05) is 11.1 Å². The summed E-state index contributed by atoms with van der Waals surface area (Å²) in [5.41, 5.74) is 8.03. The van der Waals surface area contributed by atoms with Gasteiger partial charge in [-0.25, -0.2) is 9.97 Å². The third kappa shape index (κ3) is 2.83. The van der Waals surface area contributed by atoms with E-state index in [0.717, 1.165) is 28.7 Å². The molecule has 5 nitrogen and oxygen atoms in total. The molecule has 1 saturated carbocycles. The average Bonchev–Trinajstić information content (AvgIpc) is 3.28. The smallest absolute Gasteiger partial charge is 0.139 e. The van der Waals surface area contributed by atoms with Gasteiger partial charge < -0.3 is 11.1 Å². The van der Waals surface area contributed by atoms with Crippen LogP contribution in [0.15, 0.2) is 22.7 Å². The molecule has 0 amide bonds. The Labute approximate surface area is 131 Å². The predicted octanol–water partition coefficient (Wildman–Crippen LogP) is 3.62. The monoisotopic (exact) mass is 343 g/mol. The van der Waals surface area contributed by atoms with Gasteiger partial charge in [0, 0.05) is 16.0 Å². The zero-order valence-corrected chi connectivity index (χ0v) is 13.1. The van der Waals surface area contributed by atoms with Gasteiger partial charge in [0.2, 0.25) is 0 Å². The van der Waals surface area contributed by atoms with Gasteiger partial charge in [-0.05, 0) is 38.0 Å². The number of nitriles is 1. The van der Waals surface area contributed by atoms with E-state index in [1.54, 1.807) is 6.07 Å². The molecule has 2 aromatic rings. The van der Waals surface area contributed by atoms with Gasteiger partial charge in [0.1, 0.15) is 23.5 Å². The van der Waals surface area contributed by atoms with Crippen LogP contribution in [0.1, 0.15) is 35.7 Å². The maximum atomic E-state index is 9.20. The third-order valence-electron chi connectivity index (χ3n) is 3.50. The lowest BCUT2D eigenvalue weighted by molar-refractivity contribution is 0.927. The normalized spacial score (nSPS) is 13.8. The average molecular weight is 344 g/mol. The molecule has 6 heteroatoms. The Morgan fingerprint density at radius 3 is 2.81 bits per heavy atom. The van der Waals surface area contributed by atoms with Crippen LogP contribution >= 0.6 is 15.9 Å². The van der Waals surface area contributed by atoms with Crippen LogP contribution in [0.4, 0.5) is 17.3 Å². The van der Waals surface area contributed by atoms with Crippen molar-refractivity contribution >= 4 is 33.3 Å². The molecule has 0 radical (unpaired) electrons. The predicted molar refractivity (Wildman–Crippen MR) is 85.3 cm³/mol. The van der Waals surface area contributed by atoms with Crippen molar-refractivity contribution in [3.8, 4) is 6.07 Å². The SMILES string of the molecule is Cc1c(N)nc(C2CC2)nc1Nc1cc(Br)ccc1C#N. The highest BCUT2D eigenvalue weighted by molar-refractivity contribution is 9.10. The minimum absolute atomic E-state index is 0.423. The van der Waals surface area contributed by atoms with E-state index in [0.29, 0.717) is 28.8 Å². The number of nitrogens with zero attached hydrogens (tertiary/aromatic N) is 3. The van der Waals surface area contributed by atoms with E-state index in [2.05, 4.69) is 37.3 Å². The van der Waals surface area contributed by atoms with Gasteiger partial charge in [0.05, 0.1) is 11.3 Å². The molecule has 0 saturated heterocycles. The van der Waals surface area contributed by atoms with E-state index in [1.165, 1.54) is 0 Å². The van der Waals surface area contributed by atoms with Gasteiger partial charge in [-0.2, -0.15) is 5.26 Å². The van der Waals surface area contributed by atoms with Crippen LogP contribution in [0, 0.1) is 18.3 Å². The lowest BCUT2D eigenvalue weighted by atomic mass is 10.2. The number of anilines is 3. The highest BCUT2D eigenvalue weighted by Crippen LogP contribution is 2.39. The molecule has 0 spiro atoms. The molecule has 106 valence electrons. The summed E-state index contributed by atoms with van der Waals surface area (Å²) in [4.78, 5) is 8.92. The molecule has 1 aromatic carbocycles. The summed E-state index contributed by atoms with van der Waals surface area (Å²) in [6, 6.07) is 7.62. The van der Waals surface area contributed by atoms with Crippen LogP contribution in [0.2, 0.25) is 0 Å². The molecule has 1 aromatic heterocycles. The van der Waals surface area contributed by atoms with Crippen LogP contribution < -0.4 is 11.1 Å². The molecule has 0 atom stereocenters. The largest absolute Gasteiger partial charge is 0.383 e. The van der Waals surface area contributed by atoms with Crippen molar-refractivity contribution in [3.63, 3.8) is 0 Å². The Balaban J connectivity index is 2.02. The second-order valence-electron chi connectivity index (χ2n) is 5.14. The number of aromatic nitrogens is 2. The molecule has 1 aliphatic carbocycles. The highest BCUT2D eigenvalue weighted by atomic mass is 79.9. The first-order chi connectivity index (χ1) is 10.1. The van der Waals surface area contributed by atoms with Crippen molar-refractivity contribution in [3.05, 3.63) is 39.6 Å². The fourth-order valence-electron chi connectivity index (χ4n) is 2.04. The summed E-state index contributed by atoms with van der Waals surface area (Å²) in [7, 11) is 0. The number of rotatable bonds is 3. The van der Waals surface area contributed by atoms with E-state index in [9.17, 15) is 5.26 Å². The molecule has 3 rings (SSSR count). The number of halogens is 1. The number of hydrogen-bond donors (Lipinski definition) is 2. The van der Waals surface area contributed by atoms with E-state index in [1.807, 2.05) is 19.1 Å². The molecule has 0 unspecified atom stereocenters. The molecule has 1 aliphatic rings. The summed E-state index contributed by atoms with van der Waals surface area (Å²) in [5.74, 6) is 2.36. The molecular weight excluding hydrogens is 330 g/mol. The van der Waals surface area contributed by atoms with Gasteiger partial charge in [-0.1, -0.05) is 15.9 Å². The Hall–Kier alpha value is -2.13. The van der Waals surface area contributed by atoms with Gasteiger partial charge in [0.15, 0.2) is 0 Å². The Morgan fingerprint density at radius 2 is 2.14 bits per heavy atom. The molecule has 1 fully saturated rings. The van der Waals surface area contributed by atoms with Crippen molar-refractivity contribution < 1.29 is 0 Å². The number of benzene rings is 1. The Morgan fingerprint density at radius 1 is 1.38 bits per heavy atom. The third-order valence-corrected chi connectivity index (χ3v) is 3.99. The number of nitrogens with one attached hydrogen (secondary N) is 1. The van der Waals surface area contributed by atoms with E-state index in [4.69, 9.17) is 5.73 Å². The summed E-state index contributed by atoms with van der Waals surface area (Å²) in [6.07, 6.45) is 2.23. The molecule has 0 bridgehead atoms. The summed E-state index contributed by atoms with van der Waals surface area (Å²) >= 11 is 3.41. The molecular formula is C15H14BrN5. The Bertz CT molecular complexity index is 746. The zero-order chi connectivity index (χ0) is 15.0. The van der Waals surface area contributed by atoms with Crippen LogP contribution in [-0.4, -0.2) is 9.97 Å². The van der Waals surface area contributed by atoms with Crippen LogP contribution in [0.5, 0.6) is 0 Å². The molecule has 3 N–H and O–H groups in total. The van der Waals surface area contributed by atoms with Crippen molar-refractivity contribution in [1.29, 1.82) is 5.26 Å². The molecule has 21 heavy (non-hydrogen) atoms. The highest BCUT2D eigenvalue weighted by Gasteiger charge is 2.28. The molecule has 1 heterocycles. The van der Waals surface area contributed by atoms with E-state index >= 15 is 0 Å². The maximum Gasteiger partial charge on any atom is 0.139 e. The van der Waals surface area contributed by atoms with E-state index < -0.39 is 0 Å². The Kier molecular flexibility index (Phi) is 3.52. The first-order valence-electron chi connectivity index (χ1n) is 6.69. The van der Waals surface area contributed by atoms with E-state index in [-0.39, 0.29) is 0 Å². The minimum Gasteiger partial charge on any atom is -0.383 e. The minimum atomic E-state index is 0.423. The van der Waals surface area contributed by atoms with Crippen LogP contribution in [0.25, 0.3) is 0 Å². The first-order valence-corrected chi connectivity index (χ1v) is 7.48. The van der Waals surface area contributed by atoms with Crippen LogP contribution in [-0.2, 0) is 0 Å². The van der Waals surface area contributed by atoms with Gasteiger partial charge in [0.25, 0.3) is 0 Å². The fourth-order valence-corrected chi connectivity index (χ4v) is 2.40. The van der Waals surface area contributed by atoms with Crippen molar-refractivity contribution in [2.45, 2.75) is 25.7 Å². The number of nitrogen functional groups attached to an aromatic ring is 1. The fraction of sp³-hybridized carbons (Fsp3) is 0.267. The number of nitrogens with two attached hydrogens (primary N) is 1. The van der Waals surface area contributed by atoms with Crippen molar-refractivity contribution in [2.24, 2.45) is 0 Å². The second kappa shape index (κ2) is 5.34. The second-order valence-corrected chi connectivity index (χ2v) is 6.06. The summed E-state index contributed by atoms with van der Waals surface area (Å²) < 4.78 is 0.895. The zero-order valence-electron chi connectivity index (χ0n) is 11.5. The van der Waals surface area contributed by atoms with Gasteiger partial charge >= 0.3 is 0 Å². The number of hydrogen-bond acceptors (Lipinski definition) is 5. The van der Waals surface area contributed by atoms with Gasteiger partial charge in [-0.3, -0.25) is 0 Å². The first kappa shape index (κ1) is 13.8. The topological polar surface area (TPSA) is 87.6 Å². The lowest BCUT2D eigenvalue weighted by Crippen LogP contribution is -2.07. The van der Waals surface area contributed by atoms with Gasteiger partial charge in [-0.15, -0.1) is 0 Å². The van der Waals surface area contributed by atoms with Crippen molar-refractivity contribution in [1.82, 2.24) is 9.97 Å². The standard InChI is InChI=1S/C15H14BrN5/c1-8-13(18)20-15(9-2-3-9)21-14(8)19-12-6-11(16)5-4-10(12)7-17/h4-6,9H,2-3H2,1H3,(H3,18,19,20,21). The molecule has 0 aliphatic heterocycles. The van der Waals surface area contributed by atoms with Crippen LogP contribution in [0.3, 0.4) is 0 Å². The summed E-state index contributed by atoms with van der Waals surface area (Å²) in [6.45, 7) is 1.87.